The number of aliphatic hydroxyl groups excluding tert-OH is 1. The van der Waals surface area contributed by atoms with Crippen LogP contribution in [0.2, 0.25) is 0 Å². The van der Waals surface area contributed by atoms with E-state index in [9.17, 15) is 22.0 Å². The van der Waals surface area contributed by atoms with E-state index in [-0.39, 0.29) is 6.42 Å². The van der Waals surface area contributed by atoms with Crippen molar-refractivity contribution in [2.75, 3.05) is 0 Å². The standard InChI is InChI=1S/C7H11F5O/c1-2-3-5(13)4-6(8,9)7(10,11)12/h5,13H,2-4H2,1H3. The van der Waals surface area contributed by atoms with Crippen LogP contribution in [0.5, 0.6) is 0 Å². The fourth-order valence-electron chi connectivity index (χ4n) is 0.847. The molecule has 0 aliphatic heterocycles. The molecule has 0 aliphatic rings. The Morgan fingerprint density at radius 1 is 1.15 bits per heavy atom. The van der Waals surface area contributed by atoms with E-state index < -0.39 is 24.6 Å². The summed E-state index contributed by atoms with van der Waals surface area (Å²) in [6.45, 7) is 1.59. The van der Waals surface area contributed by atoms with E-state index in [1.54, 1.807) is 6.92 Å². The second-order valence-corrected chi connectivity index (χ2v) is 2.85. The van der Waals surface area contributed by atoms with Crippen LogP contribution >= 0.6 is 0 Å². The zero-order chi connectivity index (χ0) is 10.7. The summed E-state index contributed by atoms with van der Waals surface area (Å²) in [7, 11) is 0. The molecular weight excluding hydrogens is 195 g/mol. The van der Waals surface area contributed by atoms with E-state index in [4.69, 9.17) is 5.11 Å². The quantitative estimate of drug-likeness (QED) is 0.701. The SMILES string of the molecule is CCCC(O)CC(F)(F)C(F)(F)F. The van der Waals surface area contributed by atoms with Gasteiger partial charge in [-0.25, -0.2) is 0 Å². The normalized spacial score (nSPS) is 15.9. The minimum atomic E-state index is -5.57. The molecule has 1 unspecified atom stereocenters. The van der Waals surface area contributed by atoms with Gasteiger partial charge in [-0.2, -0.15) is 22.0 Å². The molecule has 0 heterocycles. The van der Waals surface area contributed by atoms with Crippen LogP contribution in [0.15, 0.2) is 0 Å². The third-order valence-corrected chi connectivity index (χ3v) is 1.53. The molecule has 0 saturated carbocycles. The van der Waals surface area contributed by atoms with E-state index in [0.717, 1.165) is 0 Å². The lowest BCUT2D eigenvalue weighted by Crippen LogP contribution is -2.39. The van der Waals surface area contributed by atoms with Crippen LogP contribution < -0.4 is 0 Å². The molecule has 0 aromatic rings. The van der Waals surface area contributed by atoms with Crippen molar-refractivity contribution in [1.29, 1.82) is 0 Å². The number of alkyl halides is 5. The van der Waals surface area contributed by atoms with Crippen molar-refractivity contribution in [3.05, 3.63) is 0 Å². The Morgan fingerprint density at radius 2 is 1.62 bits per heavy atom. The molecule has 0 bridgehead atoms. The lowest BCUT2D eigenvalue weighted by molar-refractivity contribution is -0.290. The Labute approximate surface area is 72.6 Å². The van der Waals surface area contributed by atoms with Crippen LogP contribution in [-0.4, -0.2) is 23.3 Å². The monoisotopic (exact) mass is 206 g/mol. The molecule has 13 heavy (non-hydrogen) atoms. The number of rotatable bonds is 4. The minimum absolute atomic E-state index is 0.0499. The molecule has 0 saturated heterocycles. The lowest BCUT2D eigenvalue weighted by Gasteiger charge is -2.21. The smallest absolute Gasteiger partial charge is 0.393 e. The molecule has 80 valence electrons. The van der Waals surface area contributed by atoms with E-state index in [1.807, 2.05) is 0 Å². The summed E-state index contributed by atoms with van der Waals surface area (Å²) < 4.78 is 59.2. The summed E-state index contributed by atoms with van der Waals surface area (Å²) in [6.07, 6.45) is -8.39. The Morgan fingerprint density at radius 3 is 1.92 bits per heavy atom. The molecule has 0 radical (unpaired) electrons. The highest BCUT2D eigenvalue weighted by Crippen LogP contribution is 2.39. The zero-order valence-corrected chi connectivity index (χ0v) is 7.04. The van der Waals surface area contributed by atoms with Crippen LogP contribution in [0.1, 0.15) is 26.2 Å². The zero-order valence-electron chi connectivity index (χ0n) is 7.04. The highest BCUT2D eigenvalue weighted by molar-refractivity contribution is 4.78. The Kier molecular flexibility index (Phi) is 4.09. The maximum absolute atomic E-state index is 12.2. The molecule has 1 nitrogen and oxygen atoms in total. The fraction of sp³-hybridized carbons (Fsp3) is 1.00. The van der Waals surface area contributed by atoms with Gasteiger partial charge in [-0.15, -0.1) is 0 Å². The van der Waals surface area contributed by atoms with Gasteiger partial charge in [0.1, 0.15) is 0 Å². The first-order valence-electron chi connectivity index (χ1n) is 3.83. The Bertz CT molecular complexity index is 153. The van der Waals surface area contributed by atoms with Crippen molar-refractivity contribution >= 4 is 0 Å². The molecule has 0 aromatic carbocycles. The van der Waals surface area contributed by atoms with Gasteiger partial charge in [-0.3, -0.25) is 0 Å². The van der Waals surface area contributed by atoms with Crippen LogP contribution in [0, 0.1) is 0 Å². The van der Waals surface area contributed by atoms with Gasteiger partial charge in [0, 0.05) is 6.42 Å². The average molecular weight is 206 g/mol. The molecule has 0 fully saturated rings. The van der Waals surface area contributed by atoms with Crippen LogP contribution in [0.4, 0.5) is 22.0 Å². The maximum atomic E-state index is 12.2. The fourth-order valence-corrected chi connectivity index (χ4v) is 0.847. The predicted molar refractivity (Wildman–Crippen MR) is 36.5 cm³/mol. The molecule has 6 heteroatoms. The van der Waals surface area contributed by atoms with Gasteiger partial charge in [-0.1, -0.05) is 13.3 Å². The predicted octanol–water partition coefficient (Wildman–Crippen LogP) is 2.74. The van der Waals surface area contributed by atoms with Crippen molar-refractivity contribution in [1.82, 2.24) is 0 Å². The van der Waals surface area contributed by atoms with Gasteiger partial charge >= 0.3 is 12.1 Å². The van der Waals surface area contributed by atoms with E-state index >= 15 is 0 Å². The largest absolute Gasteiger partial charge is 0.453 e. The van der Waals surface area contributed by atoms with Crippen molar-refractivity contribution < 1.29 is 27.1 Å². The van der Waals surface area contributed by atoms with Crippen molar-refractivity contribution in [2.45, 2.75) is 44.4 Å². The van der Waals surface area contributed by atoms with E-state index in [0.29, 0.717) is 6.42 Å². The Balaban J connectivity index is 4.17. The highest BCUT2D eigenvalue weighted by Gasteiger charge is 2.57. The maximum Gasteiger partial charge on any atom is 0.453 e. The number of halogens is 5. The summed E-state index contributed by atoms with van der Waals surface area (Å²) in [5.41, 5.74) is 0. The van der Waals surface area contributed by atoms with Gasteiger partial charge in [0.2, 0.25) is 0 Å². The summed E-state index contributed by atoms with van der Waals surface area (Å²) in [6, 6.07) is 0. The third-order valence-electron chi connectivity index (χ3n) is 1.53. The molecule has 0 amide bonds. The number of hydrogen-bond donors (Lipinski definition) is 1. The first-order valence-corrected chi connectivity index (χ1v) is 3.83. The molecule has 0 spiro atoms. The molecule has 1 atom stereocenters. The summed E-state index contributed by atoms with van der Waals surface area (Å²) in [4.78, 5) is 0. The second kappa shape index (κ2) is 4.21. The number of hydrogen-bond acceptors (Lipinski definition) is 1. The second-order valence-electron chi connectivity index (χ2n) is 2.85. The van der Waals surface area contributed by atoms with Gasteiger partial charge in [0.15, 0.2) is 0 Å². The van der Waals surface area contributed by atoms with Crippen molar-refractivity contribution in [3.63, 3.8) is 0 Å². The van der Waals surface area contributed by atoms with Crippen LogP contribution in [-0.2, 0) is 0 Å². The summed E-state index contributed by atoms with van der Waals surface area (Å²) >= 11 is 0. The number of aliphatic hydroxyl groups is 1. The average Bonchev–Trinajstić information content (AvgIpc) is 1.83. The van der Waals surface area contributed by atoms with Crippen molar-refractivity contribution in [3.8, 4) is 0 Å². The first-order chi connectivity index (χ1) is 5.70. The van der Waals surface area contributed by atoms with Crippen LogP contribution in [0.25, 0.3) is 0 Å². The molecule has 1 N–H and O–H groups in total. The summed E-state index contributed by atoms with van der Waals surface area (Å²) in [5.74, 6) is -4.79. The van der Waals surface area contributed by atoms with Gasteiger partial charge in [-0.05, 0) is 6.42 Å². The van der Waals surface area contributed by atoms with Gasteiger partial charge in [0.25, 0.3) is 0 Å². The van der Waals surface area contributed by atoms with Crippen molar-refractivity contribution in [2.24, 2.45) is 0 Å². The lowest BCUT2D eigenvalue weighted by atomic mass is 10.1. The third kappa shape index (κ3) is 3.89. The minimum Gasteiger partial charge on any atom is -0.393 e. The van der Waals surface area contributed by atoms with E-state index in [2.05, 4.69) is 0 Å². The van der Waals surface area contributed by atoms with E-state index in [1.165, 1.54) is 0 Å². The van der Waals surface area contributed by atoms with Crippen LogP contribution in [0.3, 0.4) is 0 Å². The molecule has 0 aliphatic carbocycles. The molecular formula is C7H11F5O. The van der Waals surface area contributed by atoms with Gasteiger partial charge < -0.3 is 5.11 Å². The Hall–Kier alpha value is -0.390. The van der Waals surface area contributed by atoms with Gasteiger partial charge in [0.05, 0.1) is 6.10 Å². The highest BCUT2D eigenvalue weighted by atomic mass is 19.4. The molecule has 0 rings (SSSR count). The topological polar surface area (TPSA) is 20.2 Å². The summed E-state index contributed by atoms with van der Waals surface area (Å²) in [5, 5.41) is 8.77. The molecule has 0 aromatic heterocycles. The first kappa shape index (κ1) is 12.6.